The van der Waals surface area contributed by atoms with Crippen molar-refractivity contribution in [2.24, 2.45) is 0 Å². The first-order valence-electron chi connectivity index (χ1n) is 11.2. The van der Waals surface area contributed by atoms with Gasteiger partial charge in [-0.3, -0.25) is 4.98 Å². The molecule has 0 unspecified atom stereocenters. The molecule has 2 aromatic carbocycles. The van der Waals surface area contributed by atoms with E-state index >= 15 is 0 Å². The maximum absolute atomic E-state index is 13.4. The number of aryl methyl sites for hydroxylation is 1. The van der Waals surface area contributed by atoms with Crippen LogP contribution in [-0.4, -0.2) is 40.7 Å². The minimum absolute atomic E-state index is 0.146. The summed E-state index contributed by atoms with van der Waals surface area (Å²) in [6, 6.07) is 18.4. The quantitative estimate of drug-likeness (QED) is 0.384. The Kier molecular flexibility index (Phi) is 6.93. The lowest BCUT2D eigenvalue weighted by molar-refractivity contribution is 0.580. The lowest BCUT2D eigenvalue weighted by Crippen LogP contribution is -2.21. The number of anilines is 2. The van der Waals surface area contributed by atoms with Crippen LogP contribution in [0.5, 0.6) is 0 Å². The van der Waals surface area contributed by atoms with Gasteiger partial charge in [-0.05, 0) is 62.7 Å². The maximum Gasteiger partial charge on any atom is 0.286 e. The number of pyridine rings is 1. The zero-order chi connectivity index (χ0) is 24.1. The third-order valence-corrected chi connectivity index (χ3v) is 7.14. The number of hydrogen-bond donors (Lipinski definition) is 1. The van der Waals surface area contributed by atoms with E-state index in [2.05, 4.69) is 51.3 Å². The number of rotatable bonds is 9. The summed E-state index contributed by atoms with van der Waals surface area (Å²) in [5.41, 5.74) is 3.76. The van der Waals surface area contributed by atoms with E-state index in [-0.39, 0.29) is 16.7 Å². The van der Waals surface area contributed by atoms with Gasteiger partial charge in [-0.25, -0.2) is 0 Å². The van der Waals surface area contributed by atoms with Crippen molar-refractivity contribution in [2.45, 2.75) is 32.2 Å². The molecule has 0 aliphatic carbocycles. The molecular weight excluding hydrogens is 448 g/mol. The Labute approximate surface area is 200 Å². The molecule has 2 aromatic heterocycles. The van der Waals surface area contributed by atoms with Crippen molar-refractivity contribution in [3.05, 3.63) is 84.2 Å². The Bertz CT molecular complexity index is 1330. The fourth-order valence-corrected chi connectivity index (χ4v) is 4.79. The zero-order valence-corrected chi connectivity index (χ0v) is 20.3. The van der Waals surface area contributed by atoms with Gasteiger partial charge in [0.05, 0.1) is 4.90 Å². The minimum Gasteiger partial charge on any atom is -0.372 e. The Morgan fingerprint density at radius 2 is 1.68 bits per heavy atom. The predicted octanol–water partition coefficient (Wildman–Crippen LogP) is 4.34. The highest BCUT2D eigenvalue weighted by Gasteiger charge is 2.24. The van der Waals surface area contributed by atoms with E-state index in [0.717, 1.165) is 34.0 Å². The fraction of sp³-hybridized carbons (Fsp3) is 0.240. The van der Waals surface area contributed by atoms with Crippen molar-refractivity contribution in [1.29, 1.82) is 0 Å². The highest BCUT2D eigenvalue weighted by molar-refractivity contribution is 7.90. The first-order chi connectivity index (χ1) is 16.4. The Balaban J connectivity index is 1.66. The zero-order valence-electron chi connectivity index (χ0n) is 19.5. The molecule has 2 heterocycles. The molecule has 0 radical (unpaired) electrons. The first kappa shape index (κ1) is 23.4. The molecule has 4 aromatic rings. The highest BCUT2D eigenvalue weighted by atomic mass is 32.2. The summed E-state index contributed by atoms with van der Waals surface area (Å²) in [7, 11) is -3.95. The molecule has 176 valence electrons. The van der Waals surface area contributed by atoms with E-state index in [9.17, 15) is 8.42 Å². The molecule has 34 heavy (non-hydrogen) atoms. The van der Waals surface area contributed by atoms with Gasteiger partial charge in [0.2, 0.25) is 5.95 Å². The molecule has 0 saturated heterocycles. The van der Waals surface area contributed by atoms with Crippen LogP contribution in [0.15, 0.2) is 78.0 Å². The summed E-state index contributed by atoms with van der Waals surface area (Å²) in [5.74, 6) is 0.426. The molecule has 0 bridgehead atoms. The van der Waals surface area contributed by atoms with Crippen molar-refractivity contribution < 1.29 is 8.42 Å². The number of aromatic nitrogens is 4. The smallest absolute Gasteiger partial charge is 0.286 e. The number of benzene rings is 2. The second-order valence-corrected chi connectivity index (χ2v) is 9.62. The van der Waals surface area contributed by atoms with Crippen LogP contribution in [0.2, 0.25) is 0 Å². The topological polar surface area (TPSA) is 93.0 Å². The van der Waals surface area contributed by atoms with Crippen molar-refractivity contribution in [3.8, 4) is 11.4 Å². The van der Waals surface area contributed by atoms with Crippen LogP contribution in [0.1, 0.15) is 25.0 Å². The van der Waals surface area contributed by atoms with E-state index in [0.29, 0.717) is 12.1 Å². The molecule has 4 rings (SSSR count). The van der Waals surface area contributed by atoms with Gasteiger partial charge in [0.25, 0.3) is 10.0 Å². The first-order valence-corrected chi connectivity index (χ1v) is 12.6. The molecule has 9 heteroatoms. The summed E-state index contributed by atoms with van der Waals surface area (Å²) in [5, 5.41) is 7.49. The maximum atomic E-state index is 13.4. The lowest BCUT2D eigenvalue weighted by atomic mass is 10.2. The number of nitrogens with zero attached hydrogens (tertiary/aromatic N) is 5. The Morgan fingerprint density at radius 3 is 2.29 bits per heavy atom. The van der Waals surface area contributed by atoms with Gasteiger partial charge in [-0.2, -0.15) is 13.4 Å². The average Bonchev–Trinajstić information content (AvgIpc) is 3.30. The number of nitrogens with one attached hydrogen (secondary N) is 1. The van der Waals surface area contributed by atoms with E-state index < -0.39 is 10.0 Å². The fourth-order valence-electron chi connectivity index (χ4n) is 3.60. The van der Waals surface area contributed by atoms with Crippen LogP contribution in [0.4, 0.5) is 11.6 Å². The van der Waals surface area contributed by atoms with Gasteiger partial charge in [0.1, 0.15) is 0 Å². The summed E-state index contributed by atoms with van der Waals surface area (Å²) in [6.45, 7) is 8.43. The monoisotopic (exact) mass is 476 g/mol. The van der Waals surface area contributed by atoms with Crippen molar-refractivity contribution in [1.82, 2.24) is 19.2 Å². The largest absolute Gasteiger partial charge is 0.372 e. The molecule has 8 nitrogen and oxygen atoms in total. The predicted molar refractivity (Wildman–Crippen MR) is 134 cm³/mol. The lowest BCUT2D eigenvalue weighted by Gasteiger charge is -2.21. The summed E-state index contributed by atoms with van der Waals surface area (Å²) in [6.07, 6.45) is 3.25. The minimum atomic E-state index is -3.95. The van der Waals surface area contributed by atoms with Gasteiger partial charge in [0, 0.05) is 43.3 Å². The van der Waals surface area contributed by atoms with Gasteiger partial charge in [-0.15, -0.1) is 9.19 Å². The SMILES string of the molecule is CCN(CC)c1ccc(CNc2nc(-c3cccnc3)nn2S(=O)(=O)c2ccc(C)cc2)cc1. The molecule has 0 aliphatic heterocycles. The Morgan fingerprint density at radius 1 is 0.971 bits per heavy atom. The molecule has 1 N–H and O–H groups in total. The molecule has 0 aliphatic rings. The van der Waals surface area contributed by atoms with Crippen LogP contribution in [0.3, 0.4) is 0 Å². The molecule has 0 atom stereocenters. The average molecular weight is 477 g/mol. The van der Waals surface area contributed by atoms with E-state index in [4.69, 9.17) is 0 Å². The van der Waals surface area contributed by atoms with Crippen LogP contribution in [-0.2, 0) is 16.6 Å². The molecule has 0 saturated carbocycles. The molecule has 0 spiro atoms. The summed E-state index contributed by atoms with van der Waals surface area (Å²) in [4.78, 5) is 11.0. The third kappa shape index (κ3) is 4.94. The van der Waals surface area contributed by atoms with Gasteiger partial charge in [-0.1, -0.05) is 29.8 Å². The number of hydrogen-bond acceptors (Lipinski definition) is 7. The van der Waals surface area contributed by atoms with E-state index in [1.807, 2.05) is 19.1 Å². The van der Waals surface area contributed by atoms with Crippen LogP contribution in [0.25, 0.3) is 11.4 Å². The second-order valence-electron chi connectivity index (χ2n) is 7.85. The van der Waals surface area contributed by atoms with E-state index in [1.165, 1.54) is 0 Å². The van der Waals surface area contributed by atoms with Crippen LogP contribution >= 0.6 is 0 Å². The summed E-state index contributed by atoms with van der Waals surface area (Å²) >= 11 is 0. The second kappa shape index (κ2) is 10.0. The summed E-state index contributed by atoms with van der Waals surface area (Å²) < 4.78 is 27.8. The van der Waals surface area contributed by atoms with Gasteiger partial charge < -0.3 is 10.2 Å². The Hall–Kier alpha value is -3.72. The van der Waals surface area contributed by atoms with Crippen molar-refractivity contribution in [3.63, 3.8) is 0 Å². The van der Waals surface area contributed by atoms with E-state index in [1.54, 1.807) is 48.8 Å². The van der Waals surface area contributed by atoms with Crippen LogP contribution in [0, 0.1) is 6.92 Å². The normalized spacial score (nSPS) is 11.4. The van der Waals surface area contributed by atoms with Gasteiger partial charge in [0.15, 0.2) is 5.82 Å². The third-order valence-electron chi connectivity index (χ3n) is 5.56. The van der Waals surface area contributed by atoms with Gasteiger partial charge >= 0.3 is 0 Å². The molecular formula is C25H28N6O2S. The van der Waals surface area contributed by atoms with Crippen LogP contribution < -0.4 is 10.2 Å². The molecule has 0 fully saturated rings. The standard InChI is InChI=1S/C25H28N6O2S/c1-4-30(5-2)22-12-10-20(11-13-22)17-27-25-28-24(21-7-6-16-26-18-21)29-31(25)34(32,33)23-14-8-19(3)9-15-23/h6-16,18H,4-5,17H2,1-3H3,(H,27,28,29). The van der Waals surface area contributed by atoms with Crippen molar-refractivity contribution >= 4 is 21.7 Å². The molecule has 0 amide bonds. The van der Waals surface area contributed by atoms with Crippen molar-refractivity contribution in [2.75, 3.05) is 23.3 Å². The highest BCUT2D eigenvalue weighted by Crippen LogP contribution is 2.23.